The summed E-state index contributed by atoms with van der Waals surface area (Å²) in [7, 11) is 3.41. The highest BCUT2D eigenvalue weighted by Gasteiger charge is 2.14. The SMILES string of the molecule is CCCCN(C)c1ccc(C(=O)OC)cc1NC(=S)Nc1ccc(C)c(C)c1. The molecule has 2 aromatic carbocycles. The molecule has 2 rings (SSSR count). The molecule has 0 heterocycles. The van der Waals surface area contributed by atoms with Crippen molar-refractivity contribution >= 4 is 40.4 Å². The summed E-state index contributed by atoms with van der Waals surface area (Å²) in [4.78, 5) is 14.1. The van der Waals surface area contributed by atoms with E-state index in [0.29, 0.717) is 10.7 Å². The average Bonchev–Trinajstić information content (AvgIpc) is 2.68. The second-order valence-electron chi connectivity index (χ2n) is 6.88. The second kappa shape index (κ2) is 10.1. The topological polar surface area (TPSA) is 53.6 Å². The summed E-state index contributed by atoms with van der Waals surface area (Å²) in [6, 6.07) is 11.6. The Morgan fingerprint density at radius 1 is 1.11 bits per heavy atom. The average molecular weight is 400 g/mol. The zero-order valence-corrected chi connectivity index (χ0v) is 18.1. The van der Waals surface area contributed by atoms with Crippen LogP contribution in [0.2, 0.25) is 0 Å². The van der Waals surface area contributed by atoms with Crippen LogP contribution in [0.1, 0.15) is 41.3 Å². The largest absolute Gasteiger partial charge is 0.465 e. The third kappa shape index (κ3) is 5.70. The number of hydrogen-bond acceptors (Lipinski definition) is 4. The van der Waals surface area contributed by atoms with Gasteiger partial charge in [0, 0.05) is 19.3 Å². The van der Waals surface area contributed by atoms with Crippen molar-refractivity contribution in [2.45, 2.75) is 33.6 Å². The molecule has 0 spiro atoms. The van der Waals surface area contributed by atoms with Crippen LogP contribution in [0, 0.1) is 13.8 Å². The van der Waals surface area contributed by atoms with Gasteiger partial charge in [-0.1, -0.05) is 19.4 Å². The van der Waals surface area contributed by atoms with Crippen LogP contribution in [-0.4, -0.2) is 31.8 Å². The molecule has 28 heavy (non-hydrogen) atoms. The van der Waals surface area contributed by atoms with Crippen LogP contribution in [0.15, 0.2) is 36.4 Å². The monoisotopic (exact) mass is 399 g/mol. The fraction of sp³-hybridized carbons (Fsp3) is 0.364. The maximum atomic E-state index is 12.0. The van der Waals surface area contributed by atoms with E-state index in [1.807, 2.05) is 19.2 Å². The molecule has 0 aliphatic heterocycles. The minimum atomic E-state index is -0.376. The summed E-state index contributed by atoms with van der Waals surface area (Å²) < 4.78 is 4.85. The predicted octanol–water partition coefficient (Wildman–Crippen LogP) is 5.14. The number of unbranched alkanes of at least 4 members (excludes halogenated alkanes) is 1. The minimum absolute atomic E-state index is 0.376. The van der Waals surface area contributed by atoms with Gasteiger partial charge in [-0.25, -0.2) is 4.79 Å². The number of nitrogens with zero attached hydrogens (tertiary/aromatic N) is 1. The normalized spacial score (nSPS) is 10.3. The number of thiocarbonyl (C=S) groups is 1. The van der Waals surface area contributed by atoms with Crippen molar-refractivity contribution in [2.75, 3.05) is 36.2 Å². The second-order valence-corrected chi connectivity index (χ2v) is 7.29. The van der Waals surface area contributed by atoms with Crippen molar-refractivity contribution in [1.29, 1.82) is 0 Å². The summed E-state index contributed by atoms with van der Waals surface area (Å²) in [5, 5.41) is 6.92. The van der Waals surface area contributed by atoms with E-state index in [4.69, 9.17) is 17.0 Å². The number of hydrogen-bond donors (Lipinski definition) is 2. The lowest BCUT2D eigenvalue weighted by Gasteiger charge is -2.24. The van der Waals surface area contributed by atoms with Crippen molar-refractivity contribution < 1.29 is 9.53 Å². The summed E-state index contributed by atoms with van der Waals surface area (Å²) in [6.07, 6.45) is 2.19. The fourth-order valence-corrected chi connectivity index (χ4v) is 3.06. The number of carbonyl (C=O) groups excluding carboxylic acids is 1. The summed E-state index contributed by atoms with van der Waals surface area (Å²) in [6.45, 7) is 7.22. The lowest BCUT2D eigenvalue weighted by atomic mass is 10.1. The Hall–Kier alpha value is -2.60. The van der Waals surface area contributed by atoms with Crippen LogP contribution < -0.4 is 15.5 Å². The molecular formula is C22H29N3O2S. The van der Waals surface area contributed by atoms with Crippen molar-refractivity contribution in [2.24, 2.45) is 0 Å². The highest BCUT2D eigenvalue weighted by atomic mass is 32.1. The van der Waals surface area contributed by atoms with E-state index in [-0.39, 0.29) is 5.97 Å². The van der Waals surface area contributed by atoms with E-state index >= 15 is 0 Å². The van der Waals surface area contributed by atoms with E-state index < -0.39 is 0 Å². The van der Waals surface area contributed by atoms with Crippen LogP contribution >= 0.6 is 12.2 Å². The molecule has 0 aromatic heterocycles. The zero-order valence-electron chi connectivity index (χ0n) is 17.3. The first kappa shape index (κ1) is 21.7. The molecule has 6 heteroatoms. The zero-order chi connectivity index (χ0) is 20.7. The van der Waals surface area contributed by atoms with Crippen molar-refractivity contribution in [1.82, 2.24) is 0 Å². The standard InChI is InChI=1S/C22H29N3O2S/c1-6-7-12-25(4)20-11-9-17(21(26)27-5)14-19(20)24-22(28)23-18-10-8-15(2)16(3)13-18/h8-11,13-14H,6-7,12H2,1-5H3,(H2,23,24,28). The van der Waals surface area contributed by atoms with Crippen molar-refractivity contribution in [3.63, 3.8) is 0 Å². The van der Waals surface area contributed by atoms with E-state index in [0.717, 1.165) is 36.4 Å². The lowest BCUT2D eigenvalue weighted by molar-refractivity contribution is 0.0601. The molecule has 0 saturated heterocycles. The van der Waals surface area contributed by atoms with Crippen LogP contribution in [0.25, 0.3) is 0 Å². The Morgan fingerprint density at radius 2 is 1.86 bits per heavy atom. The Kier molecular flexibility index (Phi) is 7.81. The fourth-order valence-electron chi connectivity index (χ4n) is 2.83. The first-order chi connectivity index (χ1) is 13.3. The molecule has 0 unspecified atom stereocenters. The van der Waals surface area contributed by atoms with Gasteiger partial charge in [0.25, 0.3) is 0 Å². The van der Waals surface area contributed by atoms with E-state index in [1.54, 1.807) is 12.1 Å². The van der Waals surface area contributed by atoms with Gasteiger partial charge in [0.2, 0.25) is 0 Å². The quantitative estimate of drug-likeness (QED) is 0.497. The Balaban J connectivity index is 2.25. The van der Waals surface area contributed by atoms with Gasteiger partial charge in [-0.05, 0) is 73.9 Å². The van der Waals surface area contributed by atoms with Crippen molar-refractivity contribution in [3.05, 3.63) is 53.1 Å². The molecule has 0 saturated carbocycles. The van der Waals surface area contributed by atoms with Gasteiger partial charge in [-0.15, -0.1) is 0 Å². The van der Waals surface area contributed by atoms with Gasteiger partial charge in [0.1, 0.15) is 0 Å². The number of nitrogens with one attached hydrogen (secondary N) is 2. The molecule has 0 fully saturated rings. The third-order valence-electron chi connectivity index (χ3n) is 4.69. The van der Waals surface area contributed by atoms with Crippen LogP contribution in [0.4, 0.5) is 17.1 Å². The first-order valence-electron chi connectivity index (χ1n) is 9.44. The van der Waals surface area contributed by atoms with Gasteiger partial charge in [0.05, 0.1) is 24.0 Å². The maximum absolute atomic E-state index is 12.0. The van der Waals surface area contributed by atoms with Gasteiger partial charge in [-0.3, -0.25) is 0 Å². The number of ether oxygens (including phenoxy) is 1. The van der Waals surface area contributed by atoms with Crippen LogP contribution in [0.3, 0.4) is 0 Å². The van der Waals surface area contributed by atoms with Crippen molar-refractivity contribution in [3.8, 4) is 0 Å². The molecule has 0 amide bonds. The molecule has 150 valence electrons. The van der Waals surface area contributed by atoms with E-state index in [2.05, 4.69) is 48.4 Å². The van der Waals surface area contributed by atoms with E-state index in [1.165, 1.54) is 18.2 Å². The number of aryl methyl sites for hydroxylation is 2. The first-order valence-corrected chi connectivity index (χ1v) is 9.85. The Morgan fingerprint density at radius 3 is 2.50 bits per heavy atom. The number of anilines is 3. The molecule has 2 aromatic rings. The molecule has 0 bridgehead atoms. The van der Waals surface area contributed by atoms with Crippen LogP contribution in [-0.2, 0) is 4.74 Å². The number of carbonyl (C=O) groups is 1. The molecule has 0 radical (unpaired) electrons. The molecule has 0 atom stereocenters. The van der Waals surface area contributed by atoms with Gasteiger partial charge < -0.3 is 20.3 Å². The van der Waals surface area contributed by atoms with Gasteiger partial charge in [0.15, 0.2) is 5.11 Å². The van der Waals surface area contributed by atoms with Crippen LogP contribution in [0.5, 0.6) is 0 Å². The highest BCUT2D eigenvalue weighted by molar-refractivity contribution is 7.80. The summed E-state index contributed by atoms with van der Waals surface area (Å²) >= 11 is 5.51. The third-order valence-corrected chi connectivity index (χ3v) is 4.89. The lowest BCUT2D eigenvalue weighted by Crippen LogP contribution is -2.24. The molecule has 2 N–H and O–H groups in total. The molecule has 0 aliphatic rings. The minimum Gasteiger partial charge on any atom is -0.465 e. The molecular weight excluding hydrogens is 370 g/mol. The Labute approximate surface area is 173 Å². The molecule has 5 nitrogen and oxygen atoms in total. The summed E-state index contributed by atoms with van der Waals surface area (Å²) in [5.74, 6) is -0.376. The molecule has 0 aliphatic carbocycles. The highest BCUT2D eigenvalue weighted by Crippen LogP contribution is 2.27. The van der Waals surface area contributed by atoms with Gasteiger partial charge in [-0.2, -0.15) is 0 Å². The number of benzene rings is 2. The number of methoxy groups -OCH3 is 1. The Bertz CT molecular complexity index is 852. The number of rotatable bonds is 7. The smallest absolute Gasteiger partial charge is 0.337 e. The number of esters is 1. The predicted molar refractivity (Wildman–Crippen MR) is 122 cm³/mol. The van der Waals surface area contributed by atoms with Gasteiger partial charge >= 0.3 is 5.97 Å². The summed E-state index contributed by atoms with van der Waals surface area (Å²) in [5.41, 5.74) is 5.57. The maximum Gasteiger partial charge on any atom is 0.337 e. The van der Waals surface area contributed by atoms with E-state index in [9.17, 15) is 4.79 Å².